The second-order valence-electron chi connectivity index (χ2n) is 5.94. The number of nitrogens with one attached hydrogen (secondary N) is 1. The highest BCUT2D eigenvalue weighted by atomic mass is 32.2. The van der Waals surface area contributed by atoms with Gasteiger partial charge in [0.15, 0.2) is 0 Å². The first-order valence-electron chi connectivity index (χ1n) is 7.32. The van der Waals surface area contributed by atoms with Gasteiger partial charge in [-0.1, -0.05) is 12.1 Å². The lowest BCUT2D eigenvalue weighted by Crippen LogP contribution is -2.32. The summed E-state index contributed by atoms with van der Waals surface area (Å²) >= 11 is 0. The van der Waals surface area contributed by atoms with E-state index in [2.05, 4.69) is 18.3 Å². The Morgan fingerprint density at radius 2 is 2.15 bits per heavy atom. The number of hydrogen-bond donors (Lipinski definition) is 1. The topological polar surface area (TPSA) is 49.4 Å². The normalized spacial score (nSPS) is 20.0. The minimum atomic E-state index is -3.13. The Morgan fingerprint density at radius 3 is 2.80 bits per heavy atom. The molecule has 1 fully saturated rings. The van der Waals surface area contributed by atoms with Crippen molar-refractivity contribution in [2.75, 3.05) is 23.7 Å². The predicted octanol–water partition coefficient (Wildman–Crippen LogP) is 2.07. The lowest BCUT2D eigenvalue weighted by molar-refractivity contribution is 0.588. The van der Waals surface area contributed by atoms with Gasteiger partial charge >= 0.3 is 0 Å². The van der Waals surface area contributed by atoms with Crippen molar-refractivity contribution >= 4 is 15.7 Å². The summed E-state index contributed by atoms with van der Waals surface area (Å²) in [4.78, 5) is 0. The maximum Gasteiger partial charge on any atom is 0.235 e. The van der Waals surface area contributed by atoms with E-state index in [0.717, 1.165) is 30.5 Å². The average Bonchev–Trinajstić information content (AvgIpc) is 3.11. The van der Waals surface area contributed by atoms with E-state index in [1.807, 2.05) is 19.2 Å². The molecule has 0 amide bonds. The van der Waals surface area contributed by atoms with Crippen molar-refractivity contribution in [3.05, 3.63) is 29.3 Å². The second kappa shape index (κ2) is 5.04. The van der Waals surface area contributed by atoms with Gasteiger partial charge in [0.05, 0.1) is 11.4 Å². The van der Waals surface area contributed by atoms with E-state index in [1.165, 1.54) is 5.56 Å². The van der Waals surface area contributed by atoms with Gasteiger partial charge in [0.1, 0.15) is 0 Å². The molecule has 2 aliphatic rings. The number of anilines is 1. The number of hydrogen-bond acceptors (Lipinski definition) is 3. The lowest BCUT2D eigenvalue weighted by Gasteiger charge is -2.20. The fraction of sp³-hybridized carbons (Fsp3) is 0.600. The van der Waals surface area contributed by atoms with Crippen molar-refractivity contribution in [2.45, 2.75) is 32.2 Å². The van der Waals surface area contributed by atoms with Crippen molar-refractivity contribution in [3.63, 3.8) is 0 Å². The third kappa shape index (κ3) is 2.56. The van der Waals surface area contributed by atoms with Gasteiger partial charge in [-0.15, -0.1) is 0 Å². The van der Waals surface area contributed by atoms with Crippen LogP contribution in [0.1, 0.15) is 36.9 Å². The average molecular weight is 294 g/mol. The molecule has 0 radical (unpaired) electrons. The zero-order valence-corrected chi connectivity index (χ0v) is 12.9. The molecule has 0 bridgehead atoms. The standard InChI is InChI=1S/C15H22N2O2S/c1-11(16-2)13-5-6-15-14(9-13)7-8-17(15)20(18,19)10-12-3-4-12/h5-6,9,11-12,16H,3-4,7-8,10H2,1-2H3. The van der Waals surface area contributed by atoms with E-state index >= 15 is 0 Å². The Hall–Kier alpha value is -1.07. The van der Waals surface area contributed by atoms with Gasteiger partial charge in [0, 0.05) is 12.6 Å². The van der Waals surface area contributed by atoms with Crippen LogP contribution in [0, 0.1) is 5.92 Å². The van der Waals surface area contributed by atoms with Crippen molar-refractivity contribution in [2.24, 2.45) is 5.92 Å². The van der Waals surface area contributed by atoms with Gasteiger partial charge in [-0.2, -0.15) is 0 Å². The molecule has 1 atom stereocenters. The van der Waals surface area contributed by atoms with Crippen molar-refractivity contribution in [1.29, 1.82) is 0 Å². The SMILES string of the molecule is CNC(C)c1ccc2c(c1)CCN2S(=O)(=O)CC1CC1. The molecule has 4 nitrogen and oxygen atoms in total. The molecule has 0 spiro atoms. The van der Waals surface area contributed by atoms with E-state index in [4.69, 9.17) is 0 Å². The maximum atomic E-state index is 12.4. The molecule has 1 saturated carbocycles. The Labute approximate surface area is 121 Å². The van der Waals surface area contributed by atoms with Gasteiger partial charge in [0.2, 0.25) is 10.0 Å². The molecule has 1 N–H and O–H groups in total. The molecule has 1 aliphatic heterocycles. The van der Waals surface area contributed by atoms with Crippen LogP contribution in [0.15, 0.2) is 18.2 Å². The van der Waals surface area contributed by atoms with E-state index in [0.29, 0.717) is 18.2 Å². The highest BCUT2D eigenvalue weighted by molar-refractivity contribution is 7.92. The Balaban J connectivity index is 1.86. The number of nitrogens with zero attached hydrogens (tertiary/aromatic N) is 1. The molecule has 5 heteroatoms. The molecule has 1 unspecified atom stereocenters. The molecule has 0 aromatic heterocycles. The highest BCUT2D eigenvalue weighted by Crippen LogP contribution is 2.36. The van der Waals surface area contributed by atoms with Crippen molar-refractivity contribution in [3.8, 4) is 0 Å². The third-order valence-electron chi connectivity index (χ3n) is 4.37. The minimum Gasteiger partial charge on any atom is -0.313 e. The quantitative estimate of drug-likeness (QED) is 0.904. The summed E-state index contributed by atoms with van der Waals surface area (Å²) in [6.07, 6.45) is 2.96. The van der Waals surface area contributed by atoms with Crippen LogP contribution in [0.2, 0.25) is 0 Å². The third-order valence-corrected chi connectivity index (χ3v) is 6.31. The maximum absolute atomic E-state index is 12.4. The first kappa shape index (κ1) is 13.9. The summed E-state index contributed by atoms with van der Waals surface area (Å²) in [5.74, 6) is 0.717. The molecule has 20 heavy (non-hydrogen) atoms. The molecule has 1 aliphatic carbocycles. The number of fused-ring (bicyclic) bond motifs is 1. The summed E-state index contributed by atoms with van der Waals surface area (Å²) in [5.41, 5.74) is 3.26. The van der Waals surface area contributed by atoms with Crippen LogP contribution in [0.3, 0.4) is 0 Å². The summed E-state index contributed by atoms with van der Waals surface area (Å²) < 4.78 is 26.5. The van der Waals surface area contributed by atoms with Crippen LogP contribution < -0.4 is 9.62 Å². The van der Waals surface area contributed by atoms with Crippen LogP contribution in [-0.2, 0) is 16.4 Å². The number of benzene rings is 1. The Bertz CT molecular complexity index is 608. The molecule has 0 saturated heterocycles. The van der Waals surface area contributed by atoms with E-state index in [1.54, 1.807) is 4.31 Å². The fourth-order valence-electron chi connectivity index (χ4n) is 2.79. The highest BCUT2D eigenvalue weighted by Gasteiger charge is 2.35. The summed E-state index contributed by atoms with van der Waals surface area (Å²) in [6, 6.07) is 6.43. The van der Waals surface area contributed by atoms with Crippen LogP contribution >= 0.6 is 0 Å². The first-order chi connectivity index (χ1) is 9.51. The Morgan fingerprint density at radius 1 is 1.40 bits per heavy atom. The van der Waals surface area contributed by atoms with Crippen LogP contribution in [-0.4, -0.2) is 27.8 Å². The van der Waals surface area contributed by atoms with Crippen molar-refractivity contribution < 1.29 is 8.42 Å². The molecule has 1 aromatic rings. The molecule has 1 aromatic carbocycles. The molecular formula is C15H22N2O2S. The fourth-order valence-corrected chi connectivity index (χ4v) is 4.74. The zero-order valence-electron chi connectivity index (χ0n) is 12.1. The number of rotatable bonds is 5. The smallest absolute Gasteiger partial charge is 0.235 e. The van der Waals surface area contributed by atoms with E-state index in [-0.39, 0.29) is 6.04 Å². The molecule has 110 valence electrons. The van der Waals surface area contributed by atoms with Crippen LogP contribution in [0.5, 0.6) is 0 Å². The van der Waals surface area contributed by atoms with Gasteiger partial charge in [-0.3, -0.25) is 4.31 Å². The minimum absolute atomic E-state index is 0.289. The van der Waals surface area contributed by atoms with Gasteiger partial charge in [-0.25, -0.2) is 8.42 Å². The predicted molar refractivity (Wildman–Crippen MR) is 81.5 cm³/mol. The van der Waals surface area contributed by atoms with Gasteiger partial charge in [-0.05, 0) is 56.3 Å². The zero-order chi connectivity index (χ0) is 14.3. The number of sulfonamides is 1. The van der Waals surface area contributed by atoms with Gasteiger partial charge < -0.3 is 5.32 Å². The van der Waals surface area contributed by atoms with Crippen LogP contribution in [0.4, 0.5) is 5.69 Å². The summed E-state index contributed by atoms with van der Waals surface area (Å²) in [5, 5.41) is 3.22. The van der Waals surface area contributed by atoms with Crippen molar-refractivity contribution in [1.82, 2.24) is 5.32 Å². The summed E-state index contributed by atoms with van der Waals surface area (Å²) in [7, 11) is -1.20. The first-order valence-corrected chi connectivity index (χ1v) is 8.92. The van der Waals surface area contributed by atoms with E-state index < -0.39 is 10.0 Å². The molecule has 1 heterocycles. The monoisotopic (exact) mass is 294 g/mol. The van der Waals surface area contributed by atoms with Crippen LogP contribution in [0.25, 0.3) is 0 Å². The largest absolute Gasteiger partial charge is 0.313 e. The second-order valence-corrected chi connectivity index (χ2v) is 7.88. The molecular weight excluding hydrogens is 272 g/mol. The summed E-state index contributed by atoms with van der Waals surface area (Å²) in [6.45, 7) is 2.71. The van der Waals surface area contributed by atoms with E-state index in [9.17, 15) is 8.42 Å². The molecule has 3 rings (SSSR count). The van der Waals surface area contributed by atoms with Gasteiger partial charge in [0.25, 0.3) is 0 Å². The lowest BCUT2D eigenvalue weighted by atomic mass is 10.0. The Kier molecular flexibility index (Phi) is 3.50.